The van der Waals surface area contributed by atoms with E-state index in [4.69, 9.17) is 4.74 Å². The number of rotatable bonds is 4. The third kappa shape index (κ3) is 4.34. The first kappa shape index (κ1) is 8.18. The fourth-order valence-corrected chi connectivity index (χ4v) is 0.464. The summed E-state index contributed by atoms with van der Waals surface area (Å²) in [6.45, 7) is 6.18. The summed E-state index contributed by atoms with van der Waals surface area (Å²) in [7, 11) is 0. The van der Waals surface area contributed by atoms with Gasteiger partial charge in [-0.2, -0.15) is 0 Å². The summed E-state index contributed by atoms with van der Waals surface area (Å²) in [6.07, 6.45) is 2.05. The van der Waals surface area contributed by atoms with E-state index in [2.05, 4.69) is 22.5 Å². The molecule has 0 bridgehead atoms. The van der Waals surface area contributed by atoms with Crippen LogP contribution in [-0.2, 0) is 4.74 Å². The third-order valence-corrected chi connectivity index (χ3v) is 1.63. The number of ether oxygens (including phenoxy) is 1. The molecule has 1 atom stereocenters. The van der Waals surface area contributed by atoms with Crippen LogP contribution in [0.3, 0.4) is 0 Å². The highest BCUT2D eigenvalue weighted by molar-refractivity contribution is 9.09. The zero-order valence-corrected chi connectivity index (χ0v) is 6.65. The Morgan fingerprint density at radius 1 is 1.88 bits per heavy atom. The van der Waals surface area contributed by atoms with Gasteiger partial charge < -0.3 is 4.74 Å². The number of halogens is 1. The van der Waals surface area contributed by atoms with Crippen molar-refractivity contribution in [2.45, 2.75) is 13.0 Å². The largest absolute Gasteiger partial charge is 0.374 e. The average Bonchev–Trinajstić information content (AvgIpc) is 1.83. The molecule has 48 valence electrons. The fourth-order valence-electron chi connectivity index (χ4n) is 0.277. The molecule has 0 N–H and O–H groups in total. The zero-order chi connectivity index (χ0) is 6.41. The molecule has 1 nitrogen and oxygen atoms in total. The van der Waals surface area contributed by atoms with Crippen molar-refractivity contribution in [1.82, 2.24) is 0 Å². The molecule has 0 fully saturated rings. The molecule has 0 aromatic heterocycles. The zero-order valence-electron chi connectivity index (χ0n) is 5.06. The molecule has 0 aliphatic rings. The monoisotopic (exact) mass is 178 g/mol. The van der Waals surface area contributed by atoms with Crippen LogP contribution >= 0.6 is 15.9 Å². The molecule has 0 saturated heterocycles. The molecule has 8 heavy (non-hydrogen) atoms. The van der Waals surface area contributed by atoms with Crippen molar-refractivity contribution >= 4 is 15.9 Å². The van der Waals surface area contributed by atoms with Gasteiger partial charge in [0.25, 0.3) is 0 Å². The van der Waals surface area contributed by atoms with Gasteiger partial charge in [-0.1, -0.05) is 22.0 Å². The molecule has 0 aromatic rings. The first-order valence-corrected chi connectivity index (χ1v) is 3.72. The van der Waals surface area contributed by atoms with E-state index in [0.717, 1.165) is 5.33 Å². The van der Waals surface area contributed by atoms with Crippen LogP contribution in [0.5, 0.6) is 0 Å². The van der Waals surface area contributed by atoms with Crippen LogP contribution < -0.4 is 0 Å². The van der Waals surface area contributed by atoms with E-state index < -0.39 is 0 Å². The van der Waals surface area contributed by atoms with Crippen molar-refractivity contribution < 1.29 is 4.74 Å². The molecule has 0 aliphatic heterocycles. The van der Waals surface area contributed by atoms with E-state index in [1.165, 1.54) is 0 Å². The van der Waals surface area contributed by atoms with Gasteiger partial charge in [0.2, 0.25) is 0 Å². The lowest BCUT2D eigenvalue weighted by Crippen LogP contribution is -2.08. The molecular formula is C6H11BrO. The maximum atomic E-state index is 5.18. The lowest BCUT2D eigenvalue weighted by atomic mass is 10.5. The molecule has 0 saturated carbocycles. The Kier molecular flexibility index (Phi) is 5.44. The fraction of sp³-hybridized carbons (Fsp3) is 0.667. The van der Waals surface area contributed by atoms with Crippen molar-refractivity contribution in [3.8, 4) is 0 Å². The van der Waals surface area contributed by atoms with Crippen LogP contribution in [0.1, 0.15) is 6.92 Å². The maximum Gasteiger partial charge on any atom is 0.0648 e. The van der Waals surface area contributed by atoms with Crippen LogP contribution in [0.2, 0.25) is 0 Å². The minimum atomic E-state index is 0.299. The second-order valence-corrected chi connectivity index (χ2v) is 2.23. The highest BCUT2D eigenvalue weighted by Crippen LogP contribution is 1.94. The summed E-state index contributed by atoms with van der Waals surface area (Å²) in [5.41, 5.74) is 0. The normalized spacial score (nSPS) is 13.2. The number of alkyl halides is 1. The number of hydrogen-bond acceptors (Lipinski definition) is 1. The second-order valence-electron chi connectivity index (χ2n) is 1.59. The molecule has 0 aromatic carbocycles. The lowest BCUT2D eigenvalue weighted by molar-refractivity contribution is 0.107. The Bertz CT molecular complexity index is 63.5. The maximum absolute atomic E-state index is 5.18. The van der Waals surface area contributed by atoms with Crippen molar-refractivity contribution in [1.29, 1.82) is 0 Å². The number of hydrogen-bond donors (Lipinski definition) is 0. The molecule has 0 radical (unpaired) electrons. The van der Waals surface area contributed by atoms with Gasteiger partial charge in [-0.25, -0.2) is 0 Å². The van der Waals surface area contributed by atoms with Crippen molar-refractivity contribution in [2.24, 2.45) is 0 Å². The lowest BCUT2D eigenvalue weighted by Gasteiger charge is -2.05. The topological polar surface area (TPSA) is 9.23 Å². The molecule has 2 heteroatoms. The average molecular weight is 179 g/mol. The van der Waals surface area contributed by atoms with Gasteiger partial charge in [0.05, 0.1) is 12.7 Å². The molecule has 0 amide bonds. The molecular weight excluding hydrogens is 168 g/mol. The summed E-state index contributed by atoms with van der Waals surface area (Å²) in [5, 5.41) is 0.890. The predicted octanol–water partition coefficient (Wildman–Crippen LogP) is 1.97. The Hall–Kier alpha value is 0.180. The van der Waals surface area contributed by atoms with E-state index >= 15 is 0 Å². The van der Waals surface area contributed by atoms with Gasteiger partial charge >= 0.3 is 0 Å². The smallest absolute Gasteiger partial charge is 0.0648 e. The van der Waals surface area contributed by atoms with Crippen LogP contribution in [0, 0.1) is 0 Å². The Balaban J connectivity index is 2.97. The highest BCUT2D eigenvalue weighted by Gasteiger charge is 1.94. The summed E-state index contributed by atoms with van der Waals surface area (Å²) in [5.74, 6) is 0. The predicted molar refractivity (Wildman–Crippen MR) is 39.4 cm³/mol. The minimum absolute atomic E-state index is 0.299. The minimum Gasteiger partial charge on any atom is -0.374 e. The van der Waals surface area contributed by atoms with Crippen LogP contribution in [0.4, 0.5) is 0 Å². The summed E-state index contributed by atoms with van der Waals surface area (Å²) >= 11 is 3.29. The SMILES string of the molecule is C=CCOC(C)CBr. The summed E-state index contributed by atoms with van der Waals surface area (Å²) in [6, 6.07) is 0. The molecule has 0 rings (SSSR count). The van der Waals surface area contributed by atoms with Crippen molar-refractivity contribution in [3.05, 3.63) is 12.7 Å². The third-order valence-electron chi connectivity index (χ3n) is 0.716. The van der Waals surface area contributed by atoms with E-state index in [9.17, 15) is 0 Å². The van der Waals surface area contributed by atoms with Gasteiger partial charge in [0.15, 0.2) is 0 Å². The van der Waals surface area contributed by atoms with E-state index in [-0.39, 0.29) is 0 Å². The van der Waals surface area contributed by atoms with Crippen LogP contribution in [-0.4, -0.2) is 18.0 Å². The first-order valence-electron chi connectivity index (χ1n) is 2.59. The molecule has 0 spiro atoms. The molecule has 0 aliphatic carbocycles. The van der Waals surface area contributed by atoms with Crippen molar-refractivity contribution in [3.63, 3.8) is 0 Å². The first-order chi connectivity index (χ1) is 3.81. The standard InChI is InChI=1S/C6H11BrO/c1-3-4-8-6(2)5-7/h3,6H,1,4-5H2,2H3. The Labute approximate surface area is 58.9 Å². The van der Waals surface area contributed by atoms with Gasteiger partial charge in [-0.05, 0) is 6.92 Å². The molecule has 0 heterocycles. The van der Waals surface area contributed by atoms with Crippen LogP contribution in [0.15, 0.2) is 12.7 Å². The van der Waals surface area contributed by atoms with Crippen molar-refractivity contribution in [2.75, 3.05) is 11.9 Å². The summed E-state index contributed by atoms with van der Waals surface area (Å²) < 4.78 is 5.18. The summed E-state index contributed by atoms with van der Waals surface area (Å²) in [4.78, 5) is 0. The Morgan fingerprint density at radius 3 is 2.88 bits per heavy atom. The van der Waals surface area contributed by atoms with Crippen LogP contribution in [0.25, 0.3) is 0 Å². The van der Waals surface area contributed by atoms with Gasteiger partial charge in [0, 0.05) is 5.33 Å². The highest BCUT2D eigenvalue weighted by atomic mass is 79.9. The Morgan fingerprint density at radius 2 is 2.50 bits per heavy atom. The quantitative estimate of drug-likeness (QED) is 0.473. The van der Waals surface area contributed by atoms with E-state index in [0.29, 0.717) is 12.7 Å². The van der Waals surface area contributed by atoms with Gasteiger partial charge in [-0.3, -0.25) is 0 Å². The van der Waals surface area contributed by atoms with E-state index in [1.807, 2.05) is 6.92 Å². The van der Waals surface area contributed by atoms with Gasteiger partial charge in [0.1, 0.15) is 0 Å². The van der Waals surface area contributed by atoms with Gasteiger partial charge in [-0.15, -0.1) is 6.58 Å². The van der Waals surface area contributed by atoms with E-state index in [1.54, 1.807) is 6.08 Å². The second kappa shape index (κ2) is 5.32. The molecule has 1 unspecified atom stereocenters.